The molecule has 0 heterocycles. The molecule has 0 aliphatic rings. The molecule has 3 aromatic rings. The van der Waals surface area contributed by atoms with Crippen LogP contribution in [0.15, 0.2) is 78.9 Å². The van der Waals surface area contributed by atoms with Crippen molar-refractivity contribution in [2.45, 2.75) is 32.7 Å². The fraction of sp³-hybridized carbons (Fsp3) is 0.259. The molecule has 0 aliphatic carbocycles. The van der Waals surface area contributed by atoms with E-state index in [-0.39, 0.29) is 24.4 Å². The number of ether oxygens (including phenoxy) is 1. The van der Waals surface area contributed by atoms with Crippen LogP contribution in [0.25, 0.3) is 0 Å². The van der Waals surface area contributed by atoms with E-state index < -0.39 is 0 Å². The lowest BCUT2D eigenvalue weighted by Gasteiger charge is -2.13. The Morgan fingerprint density at radius 1 is 0.909 bits per heavy atom. The Hall–Kier alpha value is -3.80. The summed E-state index contributed by atoms with van der Waals surface area (Å²) in [4.78, 5) is 24.6. The number of hydrogen-bond donors (Lipinski definition) is 3. The molecule has 3 N–H and O–H groups in total. The molecule has 6 nitrogen and oxygen atoms in total. The fourth-order valence-electron chi connectivity index (χ4n) is 3.13. The van der Waals surface area contributed by atoms with Crippen LogP contribution in [0.1, 0.15) is 36.2 Å². The van der Waals surface area contributed by atoms with Gasteiger partial charge >= 0.3 is 0 Å². The summed E-state index contributed by atoms with van der Waals surface area (Å²) in [5, 5.41) is 8.86. The molecule has 0 radical (unpaired) electrons. The summed E-state index contributed by atoms with van der Waals surface area (Å²) < 4.78 is 5.78. The van der Waals surface area contributed by atoms with Crippen LogP contribution >= 0.6 is 0 Å². The topological polar surface area (TPSA) is 79.5 Å². The summed E-state index contributed by atoms with van der Waals surface area (Å²) >= 11 is 0. The highest BCUT2D eigenvalue weighted by molar-refractivity contribution is 5.96. The van der Waals surface area contributed by atoms with E-state index >= 15 is 0 Å². The lowest BCUT2D eigenvalue weighted by molar-refractivity contribution is -0.114. The number of carbonyl (C=O) groups is 2. The maximum absolute atomic E-state index is 12.3. The van der Waals surface area contributed by atoms with Crippen LogP contribution in [0.4, 0.5) is 11.4 Å². The van der Waals surface area contributed by atoms with Crippen LogP contribution in [0.5, 0.6) is 5.75 Å². The van der Waals surface area contributed by atoms with Crippen molar-refractivity contribution in [3.63, 3.8) is 0 Å². The Labute approximate surface area is 195 Å². The highest BCUT2D eigenvalue weighted by atomic mass is 16.5. The van der Waals surface area contributed by atoms with Gasteiger partial charge in [0, 0.05) is 29.4 Å². The monoisotopic (exact) mass is 445 g/mol. The number of hydrogen-bond acceptors (Lipinski definition) is 4. The zero-order chi connectivity index (χ0) is 23.5. The Morgan fingerprint density at radius 3 is 2.39 bits per heavy atom. The van der Waals surface area contributed by atoms with Gasteiger partial charge in [-0.2, -0.15) is 0 Å². The van der Waals surface area contributed by atoms with Crippen LogP contribution in [-0.4, -0.2) is 31.0 Å². The minimum atomic E-state index is -0.179. The van der Waals surface area contributed by atoms with Gasteiger partial charge < -0.3 is 20.7 Å². The van der Waals surface area contributed by atoms with Crippen molar-refractivity contribution in [3.05, 3.63) is 90.0 Å². The number of amides is 2. The van der Waals surface area contributed by atoms with Gasteiger partial charge in [0.15, 0.2) is 0 Å². The van der Waals surface area contributed by atoms with E-state index in [4.69, 9.17) is 4.74 Å². The van der Waals surface area contributed by atoms with Crippen molar-refractivity contribution in [3.8, 4) is 5.75 Å². The summed E-state index contributed by atoms with van der Waals surface area (Å²) in [7, 11) is 0. The maximum atomic E-state index is 12.3. The van der Waals surface area contributed by atoms with E-state index in [1.165, 1.54) is 5.56 Å². The zero-order valence-corrected chi connectivity index (χ0v) is 19.1. The molecule has 0 fully saturated rings. The molecule has 172 valence electrons. The predicted octanol–water partition coefficient (Wildman–Crippen LogP) is 4.89. The van der Waals surface area contributed by atoms with E-state index in [0.717, 1.165) is 18.6 Å². The molecule has 3 rings (SSSR count). The Bertz CT molecular complexity index is 1040. The summed E-state index contributed by atoms with van der Waals surface area (Å²) in [5.41, 5.74) is 3.20. The quantitative estimate of drug-likeness (QED) is 0.393. The van der Waals surface area contributed by atoms with E-state index in [0.29, 0.717) is 23.5 Å². The van der Waals surface area contributed by atoms with Gasteiger partial charge in [-0.05, 0) is 61.4 Å². The van der Waals surface area contributed by atoms with Gasteiger partial charge in [0.1, 0.15) is 5.75 Å². The standard InChI is InChI=1S/C27H31N3O3/c1-3-20(2)29-27(32)22-10-7-11-24(18-22)28-19-26(31)30-23-12-14-25(15-13-23)33-17-16-21-8-5-4-6-9-21/h4-15,18,20,28H,3,16-17,19H2,1-2H3,(H,29,32)(H,30,31). The molecule has 0 aromatic heterocycles. The SMILES string of the molecule is CCC(C)NC(=O)c1cccc(NCC(=O)Nc2ccc(OCCc3ccccc3)cc2)c1. The largest absolute Gasteiger partial charge is 0.493 e. The number of nitrogens with one attached hydrogen (secondary N) is 3. The van der Waals surface area contributed by atoms with Crippen LogP contribution in [-0.2, 0) is 11.2 Å². The normalized spacial score (nSPS) is 11.3. The van der Waals surface area contributed by atoms with Gasteiger partial charge in [-0.3, -0.25) is 9.59 Å². The van der Waals surface area contributed by atoms with Gasteiger partial charge in [-0.1, -0.05) is 43.3 Å². The molecular formula is C27H31N3O3. The zero-order valence-electron chi connectivity index (χ0n) is 19.1. The van der Waals surface area contributed by atoms with Gasteiger partial charge in [-0.15, -0.1) is 0 Å². The number of benzene rings is 3. The molecule has 0 spiro atoms. The Morgan fingerprint density at radius 2 is 1.67 bits per heavy atom. The van der Waals surface area contributed by atoms with E-state index in [1.807, 2.05) is 62.4 Å². The summed E-state index contributed by atoms with van der Waals surface area (Å²) in [6.45, 7) is 4.67. The molecular weight excluding hydrogens is 414 g/mol. The number of carbonyl (C=O) groups excluding carboxylic acids is 2. The minimum Gasteiger partial charge on any atom is -0.493 e. The Kier molecular flexibility index (Phi) is 8.88. The average molecular weight is 446 g/mol. The first-order valence-electron chi connectivity index (χ1n) is 11.2. The van der Waals surface area contributed by atoms with Crippen molar-refractivity contribution >= 4 is 23.2 Å². The van der Waals surface area contributed by atoms with Gasteiger partial charge in [0.2, 0.25) is 5.91 Å². The van der Waals surface area contributed by atoms with Crippen molar-refractivity contribution in [1.82, 2.24) is 5.32 Å². The molecule has 1 atom stereocenters. The van der Waals surface area contributed by atoms with E-state index in [9.17, 15) is 9.59 Å². The molecule has 0 bridgehead atoms. The second-order valence-electron chi connectivity index (χ2n) is 7.87. The van der Waals surface area contributed by atoms with Crippen molar-refractivity contribution in [2.75, 3.05) is 23.8 Å². The van der Waals surface area contributed by atoms with Gasteiger partial charge in [0.05, 0.1) is 13.2 Å². The first-order valence-corrected chi connectivity index (χ1v) is 11.2. The smallest absolute Gasteiger partial charge is 0.251 e. The molecule has 0 aliphatic heterocycles. The van der Waals surface area contributed by atoms with Crippen molar-refractivity contribution < 1.29 is 14.3 Å². The second-order valence-corrected chi connectivity index (χ2v) is 7.87. The maximum Gasteiger partial charge on any atom is 0.251 e. The molecule has 33 heavy (non-hydrogen) atoms. The van der Waals surface area contributed by atoms with Crippen LogP contribution in [0.2, 0.25) is 0 Å². The molecule has 2 amide bonds. The first-order chi connectivity index (χ1) is 16.0. The third-order valence-corrected chi connectivity index (χ3v) is 5.21. The highest BCUT2D eigenvalue weighted by Crippen LogP contribution is 2.16. The fourth-order valence-corrected chi connectivity index (χ4v) is 3.13. The van der Waals surface area contributed by atoms with Crippen LogP contribution in [0, 0.1) is 0 Å². The van der Waals surface area contributed by atoms with Crippen LogP contribution < -0.4 is 20.7 Å². The molecule has 6 heteroatoms. The molecule has 1 unspecified atom stereocenters. The van der Waals surface area contributed by atoms with E-state index in [1.54, 1.807) is 18.2 Å². The highest BCUT2D eigenvalue weighted by Gasteiger charge is 2.09. The summed E-state index contributed by atoms with van der Waals surface area (Å²) in [5.74, 6) is 0.459. The first kappa shape index (κ1) is 23.9. The lowest BCUT2D eigenvalue weighted by atomic mass is 10.1. The summed E-state index contributed by atoms with van der Waals surface area (Å²) in [6, 6.07) is 24.7. The van der Waals surface area contributed by atoms with Gasteiger partial charge in [0.25, 0.3) is 5.91 Å². The molecule has 0 saturated carbocycles. The van der Waals surface area contributed by atoms with Gasteiger partial charge in [-0.25, -0.2) is 0 Å². The predicted molar refractivity (Wildman–Crippen MR) is 133 cm³/mol. The molecule has 0 saturated heterocycles. The molecule has 3 aromatic carbocycles. The minimum absolute atomic E-state index is 0.0890. The summed E-state index contributed by atoms with van der Waals surface area (Å²) in [6.07, 6.45) is 1.70. The average Bonchev–Trinajstić information content (AvgIpc) is 2.84. The van der Waals surface area contributed by atoms with Crippen molar-refractivity contribution in [1.29, 1.82) is 0 Å². The number of anilines is 2. The number of rotatable bonds is 11. The lowest BCUT2D eigenvalue weighted by Crippen LogP contribution is -2.31. The van der Waals surface area contributed by atoms with E-state index in [2.05, 4.69) is 28.1 Å². The third kappa shape index (κ3) is 8.00. The second kappa shape index (κ2) is 12.3. The van der Waals surface area contributed by atoms with Crippen molar-refractivity contribution in [2.24, 2.45) is 0 Å². The Balaban J connectivity index is 1.43. The third-order valence-electron chi connectivity index (χ3n) is 5.21. The van der Waals surface area contributed by atoms with Crippen LogP contribution in [0.3, 0.4) is 0 Å².